The standard InChI is InChI=1S/C45H37N/c1-30-38(34-18-9-5-10-19-34)28-39(35-20-11-6-12-21-35)31(2)44(30)42-26-17-27-43(46-42)45-32(3)40(36-22-13-7-14-23-36)29-41(33(45)4)37-24-15-8-16-25-37/h5-29H,1-4H3. The van der Waals surface area contributed by atoms with Crippen molar-refractivity contribution in [2.24, 2.45) is 0 Å². The van der Waals surface area contributed by atoms with Crippen molar-refractivity contribution >= 4 is 0 Å². The van der Waals surface area contributed by atoms with Crippen LogP contribution in [-0.4, -0.2) is 4.98 Å². The van der Waals surface area contributed by atoms with Gasteiger partial charge >= 0.3 is 0 Å². The summed E-state index contributed by atoms with van der Waals surface area (Å²) in [4.78, 5) is 5.50. The van der Waals surface area contributed by atoms with Crippen LogP contribution in [0.4, 0.5) is 0 Å². The SMILES string of the molecule is Cc1c(-c2ccccc2)cc(-c2ccccc2)c(C)c1-c1cccc(-c2c(C)c(-c3ccccc3)cc(-c3ccccc3)c2C)n1. The van der Waals surface area contributed by atoms with Crippen molar-refractivity contribution in [3.8, 4) is 67.0 Å². The van der Waals surface area contributed by atoms with Crippen LogP contribution in [0.1, 0.15) is 22.3 Å². The average Bonchev–Trinajstić information content (AvgIpc) is 3.10. The van der Waals surface area contributed by atoms with Crippen LogP contribution in [0, 0.1) is 27.7 Å². The molecule has 0 saturated carbocycles. The molecule has 0 unspecified atom stereocenters. The third-order valence-corrected chi connectivity index (χ3v) is 9.29. The molecule has 1 heterocycles. The van der Waals surface area contributed by atoms with E-state index < -0.39 is 0 Å². The summed E-state index contributed by atoms with van der Waals surface area (Å²) >= 11 is 0. The molecule has 6 aromatic carbocycles. The predicted molar refractivity (Wildman–Crippen MR) is 196 cm³/mol. The summed E-state index contributed by atoms with van der Waals surface area (Å²) in [7, 11) is 0. The van der Waals surface area contributed by atoms with Gasteiger partial charge in [-0.1, -0.05) is 127 Å². The second kappa shape index (κ2) is 12.5. The number of rotatable bonds is 6. The van der Waals surface area contributed by atoms with E-state index in [1.54, 1.807) is 0 Å². The Morgan fingerprint density at radius 1 is 0.304 bits per heavy atom. The van der Waals surface area contributed by atoms with E-state index >= 15 is 0 Å². The summed E-state index contributed by atoms with van der Waals surface area (Å²) in [6, 6.07) is 54.1. The minimum absolute atomic E-state index is 0.993. The van der Waals surface area contributed by atoms with Crippen LogP contribution in [0.25, 0.3) is 67.0 Å². The number of aromatic nitrogens is 1. The minimum Gasteiger partial charge on any atom is -0.248 e. The van der Waals surface area contributed by atoms with E-state index in [-0.39, 0.29) is 0 Å². The number of nitrogens with zero attached hydrogens (tertiary/aromatic N) is 1. The zero-order valence-electron chi connectivity index (χ0n) is 26.9. The van der Waals surface area contributed by atoms with E-state index in [4.69, 9.17) is 4.98 Å². The zero-order chi connectivity index (χ0) is 31.6. The highest BCUT2D eigenvalue weighted by atomic mass is 14.7. The summed E-state index contributed by atoms with van der Waals surface area (Å²) in [6.07, 6.45) is 0. The summed E-state index contributed by atoms with van der Waals surface area (Å²) in [6.45, 7) is 8.98. The number of pyridine rings is 1. The molecule has 0 aliphatic heterocycles. The highest BCUT2D eigenvalue weighted by Crippen LogP contribution is 2.43. The smallest absolute Gasteiger partial charge is 0.0715 e. The second-order valence-electron chi connectivity index (χ2n) is 12.1. The highest BCUT2D eigenvalue weighted by Gasteiger charge is 2.21. The third-order valence-electron chi connectivity index (χ3n) is 9.29. The first kappa shape index (κ1) is 29.2. The van der Waals surface area contributed by atoms with Crippen molar-refractivity contribution < 1.29 is 0 Å². The van der Waals surface area contributed by atoms with Gasteiger partial charge in [0.05, 0.1) is 11.4 Å². The summed E-state index contributed by atoms with van der Waals surface area (Å²) in [5.74, 6) is 0. The van der Waals surface area contributed by atoms with Crippen molar-refractivity contribution in [1.29, 1.82) is 0 Å². The molecule has 1 heteroatoms. The summed E-state index contributed by atoms with van der Waals surface area (Å²) in [5, 5.41) is 0. The molecule has 1 aromatic heterocycles. The molecule has 0 radical (unpaired) electrons. The molecule has 0 aliphatic carbocycles. The Kier molecular flexibility index (Phi) is 7.91. The maximum absolute atomic E-state index is 5.50. The molecule has 222 valence electrons. The Hall–Kier alpha value is -5.53. The van der Waals surface area contributed by atoms with E-state index in [1.165, 1.54) is 77.9 Å². The molecule has 7 rings (SSSR count). The molecule has 0 amide bonds. The fourth-order valence-corrected chi connectivity index (χ4v) is 6.97. The van der Waals surface area contributed by atoms with Crippen molar-refractivity contribution in [3.63, 3.8) is 0 Å². The monoisotopic (exact) mass is 591 g/mol. The van der Waals surface area contributed by atoms with Crippen LogP contribution in [0.15, 0.2) is 152 Å². The molecule has 46 heavy (non-hydrogen) atoms. The number of hydrogen-bond acceptors (Lipinski definition) is 1. The van der Waals surface area contributed by atoms with Gasteiger partial charge in [-0.15, -0.1) is 0 Å². The quantitative estimate of drug-likeness (QED) is 0.187. The summed E-state index contributed by atoms with van der Waals surface area (Å²) < 4.78 is 0. The van der Waals surface area contributed by atoms with Gasteiger partial charge in [0.2, 0.25) is 0 Å². The van der Waals surface area contributed by atoms with Gasteiger partial charge < -0.3 is 0 Å². The normalized spacial score (nSPS) is 11.0. The van der Waals surface area contributed by atoms with Gasteiger partial charge in [0.15, 0.2) is 0 Å². The van der Waals surface area contributed by atoms with E-state index in [2.05, 4.69) is 179 Å². The Bertz CT molecular complexity index is 1860. The topological polar surface area (TPSA) is 12.9 Å². The first-order valence-electron chi connectivity index (χ1n) is 16.0. The molecule has 0 aliphatic rings. The molecular formula is C45H37N. The first-order chi connectivity index (χ1) is 22.5. The molecule has 1 nitrogen and oxygen atoms in total. The van der Waals surface area contributed by atoms with E-state index in [1.807, 2.05) is 0 Å². The van der Waals surface area contributed by atoms with Gasteiger partial charge in [0.25, 0.3) is 0 Å². The van der Waals surface area contributed by atoms with Crippen LogP contribution >= 0.6 is 0 Å². The Morgan fingerprint density at radius 2 is 0.565 bits per heavy atom. The Balaban J connectivity index is 1.48. The maximum Gasteiger partial charge on any atom is 0.0715 e. The summed E-state index contributed by atoms with van der Waals surface area (Å²) in [5.41, 5.74) is 19.1. The van der Waals surface area contributed by atoms with E-state index in [0.29, 0.717) is 0 Å². The van der Waals surface area contributed by atoms with Gasteiger partial charge in [0, 0.05) is 11.1 Å². The van der Waals surface area contributed by atoms with Crippen molar-refractivity contribution in [1.82, 2.24) is 4.98 Å². The van der Waals surface area contributed by atoms with Gasteiger partial charge in [-0.05, 0) is 119 Å². The second-order valence-corrected chi connectivity index (χ2v) is 12.1. The molecule has 0 atom stereocenters. The van der Waals surface area contributed by atoms with Gasteiger partial charge in [-0.25, -0.2) is 4.98 Å². The molecule has 7 aromatic rings. The Labute approximate surface area is 272 Å². The predicted octanol–water partition coefficient (Wildman–Crippen LogP) is 12.3. The van der Waals surface area contributed by atoms with Crippen LogP contribution in [0.2, 0.25) is 0 Å². The lowest BCUT2D eigenvalue weighted by molar-refractivity contribution is 1.26. The van der Waals surface area contributed by atoms with Crippen molar-refractivity contribution in [2.75, 3.05) is 0 Å². The van der Waals surface area contributed by atoms with E-state index in [9.17, 15) is 0 Å². The van der Waals surface area contributed by atoms with Crippen molar-refractivity contribution in [2.45, 2.75) is 27.7 Å². The van der Waals surface area contributed by atoms with E-state index in [0.717, 1.165) is 11.4 Å². The average molecular weight is 592 g/mol. The van der Waals surface area contributed by atoms with Crippen LogP contribution < -0.4 is 0 Å². The molecule has 0 fully saturated rings. The minimum atomic E-state index is 0.993. The molecule has 0 N–H and O–H groups in total. The maximum atomic E-state index is 5.50. The zero-order valence-corrected chi connectivity index (χ0v) is 26.9. The van der Waals surface area contributed by atoms with Gasteiger partial charge in [-0.3, -0.25) is 0 Å². The molecule has 0 bridgehead atoms. The lowest BCUT2D eigenvalue weighted by Gasteiger charge is -2.21. The number of hydrogen-bond donors (Lipinski definition) is 0. The molecular weight excluding hydrogens is 555 g/mol. The van der Waals surface area contributed by atoms with Crippen LogP contribution in [-0.2, 0) is 0 Å². The third kappa shape index (κ3) is 5.35. The van der Waals surface area contributed by atoms with Crippen LogP contribution in [0.3, 0.4) is 0 Å². The van der Waals surface area contributed by atoms with Crippen molar-refractivity contribution in [3.05, 3.63) is 174 Å². The molecule has 0 saturated heterocycles. The lowest BCUT2D eigenvalue weighted by Crippen LogP contribution is -2.01. The van der Waals surface area contributed by atoms with Gasteiger partial charge in [-0.2, -0.15) is 0 Å². The first-order valence-corrected chi connectivity index (χ1v) is 16.0. The van der Waals surface area contributed by atoms with Gasteiger partial charge in [0.1, 0.15) is 0 Å². The van der Waals surface area contributed by atoms with Crippen LogP contribution in [0.5, 0.6) is 0 Å². The fraction of sp³-hybridized carbons (Fsp3) is 0.0889. The number of benzene rings is 6. The lowest BCUT2D eigenvalue weighted by atomic mass is 9.84. The Morgan fingerprint density at radius 3 is 0.826 bits per heavy atom. The fourth-order valence-electron chi connectivity index (χ4n) is 6.97. The molecule has 0 spiro atoms. The highest BCUT2D eigenvalue weighted by molar-refractivity contribution is 5.90. The largest absolute Gasteiger partial charge is 0.248 e.